The van der Waals surface area contributed by atoms with Crippen molar-refractivity contribution in [3.05, 3.63) is 18.5 Å². The second-order valence-electron chi connectivity index (χ2n) is 6.59. The van der Waals surface area contributed by atoms with Crippen molar-refractivity contribution in [1.29, 1.82) is 0 Å². The summed E-state index contributed by atoms with van der Waals surface area (Å²) in [5.74, 6) is 1.72. The summed E-state index contributed by atoms with van der Waals surface area (Å²) in [4.78, 5) is 6.90. The van der Waals surface area contributed by atoms with Crippen LogP contribution in [0, 0.1) is 5.92 Å². The van der Waals surface area contributed by atoms with E-state index in [2.05, 4.69) is 39.5 Å². The van der Waals surface area contributed by atoms with E-state index in [4.69, 9.17) is 0 Å². The van der Waals surface area contributed by atoms with Gasteiger partial charge in [0, 0.05) is 51.7 Å². The number of aromatic nitrogens is 2. The van der Waals surface area contributed by atoms with Crippen LogP contribution in [0.4, 0.5) is 0 Å². The second kappa shape index (κ2) is 11.7. The Kier molecular flexibility index (Phi) is 10.3. The van der Waals surface area contributed by atoms with Gasteiger partial charge in [0.25, 0.3) is 0 Å². The Morgan fingerprint density at radius 1 is 1.42 bits per heavy atom. The van der Waals surface area contributed by atoms with Crippen molar-refractivity contribution in [2.45, 2.75) is 45.7 Å². The lowest BCUT2D eigenvalue weighted by atomic mass is 9.99. The van der Waals surface area contributed by atoms with Crippen LogP contribution in [0.3, 0.4) is 0 Å². The molecule has 1 aliphatic heterocycles. The van der Waals surface area contributed by atoms with Crippen LogP contribution in [0.2, 0.25) is 0 Å². The topological polar surface area (TPSA) is 57.5 Å². The fraction of sp³-hybridized carbons (Fsp3) is 0.765. The molecule has 138 valence electrons. The molecule has 7 heteroatoms. The second-order valence-corrected chi connectivity index (χ2v) is 6.59. The van der Waals surface area contributed by atoms with Gasteiger partial charge < -0.3 is 10.6 Å². The van der Waals surface area contributed by atoms with Gasteiger partial charge in [-0.05, 0) is 44.7 Å². The van der Waals surface area contributed by atoms with Crippen molar-refractivity contribution in [2.75, 3.05) is 33.2 Å². The van der Waals surface area contributed by atoms with E-state index in [1.165, 1.54) is 25.9 Å². The smallest absolute Gasteiger partial charge is 0.191 e. The molecule has 6 nitrogen and oxygen atoms in total. The van der Waals surface area contributed by atoms with E-state index in [0.717, 1.165) is 37.9 Å². The number of likely N-dealkylation sites (tertiary alicyclic amines) is 1. The molecule has 1 aromatic rings. The molecule has 2 N–H and O–H groups in total. The molecule has 2 heterocycles. The molecule has 0 aromatic carbocycles. The highest BCUT2D eigenvalue weighted by Crippen LogP contribution is 2.17. The summed E-state index contributed by atoms with van der Waals surface area (Å²) < 4.78 is 1.96. The lowest BCUT2D eigenvalue weighted by molar-refractivity contribution is 0.139. The number of nitrogens with one attached hydrogen (secondary N) is 2. The molecule has 2 unspecified atom stereocenters. The predicted molar refractivity (Wildman–Crippen MR) is 111 cm³/mol. The maximum Gasteiger partial charge on any atom is 0.191 e. The number of halogens is 1. The van der Waals surface area contributed by atoms with Gasteiger partial charge in [0.1, 0.15) is 0 Å². The van der Waals surface area contributed by atoms with Crippen LogP contribution in [0.15, 0.2) is 23.5 Å². The largest absolute Gasteiger partial charge is 0.356 e. The average molecular weight is 448 g/mol. The molecule has 0 radical (unpaired) electrons. The zero-order valence-electron chi connectivity index (χ0n) is 15.2. The number of guanidine groups is 1. The minimum atomic E-state index is 0. The van der Waals surface area contributed by atoms with Crippen LogP contribution in [0.5, 0.6) is 0 Å². The van der Waals surface area contributed by atoms with Gasteiger partial charge in [0.2, 0.25) is 0 Å². The number of piperidine rings is 1. The Balaban J connectivity index is 0.00000288. The third-order valence-electron chi connectivity index (χ3n) is 4.52. The van der Waals surface area contributed by atoms with Gasteiger partial charge in [0.05, 0.1) is 0 Å². The summed E-state index contributed by atoms with van der Waals surface area (Å²) in [6, 6.07) is 2.50. The maximum absolute atomic E-state index is 4.31. The number of hydrogen-bond donors (Lipinski definition) is 2. The van der Waals surface area contributed by atoms with Crippen molar-refractivity contribution in [3.63, 3.8) is 0 Å². The third kappa shape index (κ3) is 7.38. The standard InChI is InChI=1S/C17H32N6.HI/c1-15-7-4-10-22(14-15)16(2)13-20-17(18-3)19-8-5-11-23-12-6-9-21-23;/h6,9,12,15-16H,4-5,7-8,10-11,13-14H2,1-3H3,(H2,18,19,20);1H. The molecule has 24 heavy (non-hydrogen) atoms. The Morgan fingerprint density at radius 2 is 2.25 bits per heavy atom. The van der Waals surface area contributed by atoms with Crippen molar-refractivity contribution >= 4 is 29.9 Å². The van der Waals surface area contributed by atoms with Gasteiger partial charge in [-0.1, -0.05) is 6.92 Å². The summed E-state index contributed by atoms with van der Waals surface area (Å²) in [7, 11) is 1.83. The van der Waals surface area contributed by atoms with E-state index in [1.807, 2.05) is 30.2 Å². The Hall–Kier alpha value is -0.830. The molecule has 0 aliphatic carbocycles. The normalized spacial score (nSPS) is 20.3. The van der Waals surface area contributed by atoms with Crippen molar-refractivity contribution in [1.82, 2.24) is 25.3 Å². The van der Waals surface area contributed by atoms with E-state index in [9.17, 15) is 0 Å². The fourth-order valence-electron chi connectivity index (χ4n) is 3.10. The number of nitrogens with zero attached hydrogens (tertiary/aromatic N) is 4. The highest BCUT2D eigenvalue weighted by molar-refractivity contribution is 14.0. The Labute approximate surface area is 163 Å². The Bertz CT molecular complexity index is 462. The third-order valence-corrected chi connectivity index (χ3v) is 4.52. The van der Waals surface area contributed by atoms with E-state index in [-0.39, 0.29) is 24.0 Å². The SMILES string of the molecule is CN=C(NCCCn1cccn1)NCC(C)N1CCCC(C)C1.I. The molecule has 2 rings (SSSR count). The van der Waals surface area contributed by atoms with Crippen LogP contribution < -0.4 is 10.6 Å². The zero-order chi connectivity index (χ0) is 16.5. The van der Waals surface area contributed by atoms with Gasteiger partial charge in [-0.15, -0.1) is 24.0 Å². The highest BCUT2D eigenvalue weighted by atomic mass is 127. The van der Waals surface area contributed by atoms with Crippen LogP contribution in [-0.4, -0.2) is 59.9 Å². The van der Waals surface area contributed by atoms with Crippen LogP contribution in [0.25, 0.3) is 0 Å². The number of rotatable bonds is 7. The van der Waals surface area contributed by atoms with E-state index >= 15 is 0 Å². The lowest BCUT2D eigenvalue weighted by Crippen LogP contribution is -2.48. The molecule has 0 bridgehead atoms. The molecule has 0 saturated carbocycles. The van der Waals surface area contributed by atoms with Crippen molar-refractivity contribution in [2.24, 2.45) is 10.9 Å². The zero-order valence-corrected chi connectivity index (χ0v) is 17.6. The number of aryl methyl sites for hydroxylation is 1. The quantitative estimate of drug-likeness (QED) is 0.291. The van der Waals surface area contributed by atoms with Gasteiger partial charge in [-0.3, -0.25) is 14.6 Å². The summed E-state index contributed by atoms with van der Waals surface area (Å²) in [6.45, 7) is 9.86. The Morgan fingerprint density at radius 3 is 2.92 bits per heavy atom. The first kappa shape index (κ1) is 21.2. The summed E-state index contributed by atoms with van der Waals surface area (Å²) in [5, 5.41) is 11.0. The van der Waals surface area contributed by atoms with Gasteiger partial charge in [0.15, 0.2) is 5.96 Å². The van der Waals surface area contributed by atoms with E-state index in [0.29, 0.717) is 6.04 Å². The molecular formula is C17H33IN6. The summed E-state index contributed by atoms with van der Waals surface area (Å²) in [6.07, 6.45) is 7.54. The first-order chi connectivity index (χ1) is 11.2. The molecule has 2 atom stereocenters. The van der Waals surface area contributed by atoms with Crippen LogP contribution in [-0.2, 0) is 6.54 Å². The molecule has 1 aliphatic rings. The monoisotopic (exact) mass is 448 g/mol. The lowest BCUT2D eigenvalue weighted by Gasteiger charge is -2.35. The molecule has 1 fully saturated rings. The minimum Gasteiger partial charge on any atom is -0.356 e. The average Bonchev–Trinajstić information content (AvgIpc) is 3.07. The van der Waals surface area contributed by atoms with Crippen molar-refractivity contribution < 1.29 is 0 Å². The molecule has 0 amide bonds. The van der Waals surface area contributed by atoms with Crippen LogP contribution >= 0.6 is 24.0 Å². The van der Waals surface area contributed by atoms with Crippen molar-refractivity contribution in [3.8, 4) is 0 Å². The summed E-state index contributed by atoms with van der Waals surface area (Å²) in [5.41, 5.74) is 0. The summed E-state index contributed by atoms with van der Waals surface area (Å²) >= 11 is 0. The fourth-order valence-corrected chi connectivity index (χ4v) is 3.10. The first-order valence-electron chi connectivity index (χ1n) is 8.85. The van der Waals surface area contributed by atoms with Gasteiger partial charge in [-0.25, -0.2) is 0 Å². The first-order valence-corrected chi connectivity index (χ1v) is 8.85. The number of aliphatic imine (C=N–C) groups is 1. The van der Waals surface area contributed by atoms with Gasteiger partial charge in [-0.2, -0.15) is 5.10 Å². The molecule has 0 spiro atoms. The molecule has 1 saturated heterocycles. The number of hydrogen-bond acceptors (Lipinski definition) is 3. The predicted octanol–water partition coefficient (Wildman–Crippen LogP) is 2.18. The maximum atomic E-state index is 4.31. The molecule has 1 aromatic heterocycles. The highest BCUT2D eigenvalue weighted by Gasteiger charge is 2.20. The molecular weight excluding hydrogens is 415 g/mol. The van der Waals surface area contributed by atoms with E-state index < -0.39 is 0 Å². The minimum absolute atomic E-state index is 0. The van der Waals surface area contributed by atoms with Gasteiger partial charge >= 0.3 is 0 Å². The van der Waals surface area contributed by atoms with Crippen LogP contribution in [0.1, 0.15) is 33.1 Å². The van der Waals surface area contributed by atoms with E-state index in [1.54, 1.807) is 0 Å².